The molecule has 0 bridgehead atoms. The Kier molecular flexibility index (Phi) is 7.17. The van der Waals surface area contributed by atoms with Crippen molar-refractivity contribution in [3.63, 3.8) is 0 Å². The fraction of sp³-hybridized carbons (Fsp3) is 0.100. The van der Waals surface area contributed by atoms with Gasteiger partial charge in [0.15, 0.2) is 5.56 Å². The van der Waals surface area contributed by atoms with Crippen LogP contribution in [0.15, 0.2) is 47.0 Å². The molecule has 0 unspecified atom stereocenters. The van der Waals surface area contributed by atoms with Crippen molar-refractivity contribution in [1.82, 2.24) is 10.5 Å². The summed E-state index contributed by atoms with van der Waals surface area (Å²) in [6.45, 7) is -0.398. The zero-order valence-electron chi connectivity index (χ0n) is 15.9. The van der Waals surface area contributed by atoms with Gasteiger partial charge in [0.2, 0.25) is 11.8 Å². The number of carbonyl (C=O) groups is 3. The molecule has 0 saturated carbocycles. The minimum atomic E-state index is -0.826. The third-order valence-corrected chi connectivity index (χ3v) is 4.93. The molecule has 0 fully saturated rings. The van der Waals surface area contributed by atoms with Crippen LogP contribution in [0, 0.1) is 0 Å². The number of hydrogen-bond acceptors (Lipinski definition) is 6. The van der Waals surface area contributed by atoms with Crippen LogP contribution in [0.25, 0.3) is 11.3 Å². The summed E-state index contributed by atoms with van der Waals surface area (Å²) < 4.78 is 9.90. The van der Waals surface area contributed by atoms with Crippen LogP contribution in [-0.4, -0.2) is 36.6 Å². The molecule has 0 aliphatic rings. The number of hydrogen-bond donors (Lipinski definition) is 2. The van der Waals surface area contributed by atoms with Gasteiger partial charge >= 0.3 is 5.97 Å². The van der Waals surface area contributed by atoms with Gasteiger partial charge in [-0.25, -0.2) is 4.79 Å². The van der Waals surface area contributed by atoms with E-state index >= 15 is 0 Å². The second-order valence-corrected chi connectivity index (χ2v) is 7.31. The molecule has 2 aromatic carbocycles. The van der Waals surface area contributed by atoms with Crippen LogP contribution in [0.5, 0.6) is 0 Å². The lowest BCUT2D eigenvalue weighted by Crippen LogP contribution is -2.33. The number of anilines is 1. The summed E-state index contributed by atoms with van der Waals surface area (Å²) in [5.74, 6) is -2.25. The Labute approximate surface area is 191 Å². The van der Waals surface area contributed by atoms with E-state index < -0.39 is 24.3 Å². The highest BCUT2D eigenvalue weighted by Crippen LogP contribution is 2.38. The first-order valence-electron chi connectivity index (χ1n) is 8.67. The van der Waals surface area contributed by atoms with Gasteiger partial charge in [0.05, 0.1) is 23.7 Å². The van der Waals surface area contributed by atoms with Crippen molar-refractivity contribution in [2.45, 2.75) is 0 Å². The molecule has 0 radical (unpaired) electrons. The van der Waals surface area contributed by atoms with Crippen molar-refractivity contribution in [2.75, 3.05) is 19.0 Å². The van der Waals surface area contributed by atoms with Crippen LogP contribution in [-0.2, 0) is 9.53 Å². The van der Waals surface area contributed by atoms with Crippen molar-refractivity contribution >= 4 is 58.5 Å². The van der Waals surface area contributed by atoms with Crippen LogP contribution >= 0.6 is 34.8 Å². The number of methoxy groups -OCH3 is 1. The average Bonchev–Trinajstić information content (AvgIpc) is 3.14. The van der Waals surface area contributed by atoms with E-state index in [0.717, 1.165) is 7.11 Å². The predicted octanol–water partition coefficient (Wildman–Crippen LogP) is 4.46. The van der Waals surface area contributed by atoms with Crippen LogP contribution in [0.2, 0.25) is 15.1 Å². The second kappa shape index (κ2) is 9.82. The summed E-state index contributed by atoms with van der Waals surface area (Å²) >= 11 is 18.2. The van der Waals surface area contributed by atoms with Crippen LogP contribution < -0.4 is 10.6 Å². The Morgan fingerprint density at radius 3 is 2.29 bits per heavy atom. The van der Waals surface area contributed by atoms with Crippen LogP contribution in [0.4, 0.5) is 5.88 Å². The monoisotopic (exact) mass is 481 g/mol. The largest absolute Gasteiger partial charge is 0.465 e. The summed E-state index contributed by atoms with van der Waals surface area (Å²) in [4.78, 5) is 36.8. The summed E-state index contributed by atoms with van der Waals surface area (Å²) in [7, 11) is 1.16. The lowest BCUT2D eigenvalue weighted by atomic mass is 10.1. The van der Waals surface area contributed by atoms with Gasteiger partial charge < -0.3 is 14.6 Å². The van der Waals surface area contributed by atoms with Gasteiger partial charge in [-0.05, 0) is 36.4 Å². The van der Waals surface area contributed by atoms with Crippen molar-refractivity contribution in [2.24, 2.45) is 0 Å². The molecule has 3 rings (SSSR count). The molecule has 0 aliphatic carbocycles. The predicted molar refractivity (Wildman–Crippen MR) is 116 cm³/mol. The topological polar surface area (TPSA) is 111 Å². The molecule has 8 nitrogen and oxygen atoms in total. The molecule has 2 N–H and O–H groups in total. The van der Waals surface area contributed by atoms with E-state index in [9.17, 15) is 14.4 Å². The summed E-state index contributed by atoms with van der Waals surface area (Å²) in [5.41, 5.74) is 0.395. The van der Waals surface area contributed by atoms with Crippen LogP contribution in [0.1, 0.15) is 20.7 Å². The standard InChI is InChI=1S/C20H14Cl3N3O5/c1-30-20(29)16-17(15-12(22)3-2-4-13(15)23)26-31-19(16)25-14(27)9-24-18(28)10-5-7-11(21)8-6-10/h2-8H,9H2,1H3,(H,24,28)(H,25,27). The van der Waals surface area contributed by atoms with E-state index in [2.05, 4.69) is 15.8 Å². The maximum absolute atomic E-state index is 12.3. The SMILES string of the molecule is COC(=O)c1c(-c2c(Cl)cccc2Cl)noc1NC(=O)CNC(=O)c1ccc(Cl)cc1. The lowest BCUT2D eigenvalue weighted by Gasteiger charge is -2.07. The first kappa shape index (κ1) is 22.6. The zero-order chi connectivity index (χ0) is 22.5. The first-order chi connectivity index (χ1) is 14.8. The molecular formula is C20H14Cl3N3O5. The van der Waals surface area contributed by atoms with Gasteiger partial charge in [-0.1, -0.05) is 46.0 Å². The van der Waals surface area contributed by atoms with E-state index in [1.807, 2.05) is 0 Å². The number of carbonyl (C=O) groups excluding carboxylic acids is 3. The minimum absolute atomic E-state index is 0.00273. The van der Waals surface area contributed by atoms with E-state index in [1.165, 1.54) is 12.1 Å². The number of amides is 2. The normalized spacial score (nSPS) is 10.5. The Morgan fingerprint density at radius 1 is 1.03 bits per heavy atom. The van der Waals surface area contributed by atoms with Gasteiger partial charge in [0, 0.05) is 16.1 Å². The Hall–Kier alpha value is -3.07. The number of rotatable bonds is 6. The third-order valence-electron chi connectivity index (χ3n) is 4.05. The number of nitrogens with zero attached hydrogens (tertiary/aromatic N) is 1. The van der Waals surface area contributed by atoms with Gasteiger partial charge in [-0.3, -0.25) is 14.9 Å². The molecule has 0 saturated heterocycles. The van der Waals surface area contributed by atoms with E-state index in [0.29, 0.717) is 10.6 Å². The average molecular weight is 483 g/mol. The smallest absolute Gasteiger partial charge is 0.345 e. The number of benzene rings is 2. The van der Waals surface area contributed by atoms with Gasteiger partial charge in [-0.15, -0.1) is 0 Å². The molecule has 0 aliphatic heterocycles. The number of ether oxygens (including phenoxy) is 1. The fourth-order valence-electron chi connectivity index (χ4n) is 2.60. The van der Waals surface area contributed by atoms with Gasteiger partial charge in [0.25, 0.3) is 5.91 Å². The van der Waals surface area contributed by atoms with E-state index in [-0.39, 0.29) is 32.8 Å². The number of halogens is 3. The van der Waals surface area contributed by atoms with E-state index in [1.54, 1.807) is 30.3 Å². The van der Waals surface area contributed by atoms with Crippen molar-refractivity contribution in [1.29, 1.82) is 0 Å². The third kappa shape index (κ3) is 5.16. The zero-order valence-corrected chi connectivity index (χ0v) is 18.1. The lowest BCUT2D eigenvalue weighted by molar-refractivity contribution is -0.115. The van der Waals surface area contributed by atoms with Crippen molar-refractivity contribution < 1.29 is 23.6 Å². The highest BCUT2D eigenvalue weighted by atomic mass is 35.5. The van der Waals surface area contributed by atoms with Gasteiger partial charge in [-0.2, -0.15) is 0 Å². The molecule has 3 aromatic rings. The second-order valence-electron chi connectivity index (χ2n) is 6.06. The molecule has 31 heavy (non-hydrogen) atoms. The molecule has 0 spiro atoms. The first-order valence-corrected chi connectivity index (χ1v) is 9.81. The molecule has 160 valence electrons. The Bertz CT molecular complexity index is 1130. The highest BCUT2D eigenvalue weighted by molar-refractivity contribution is 6.39. The molecule has 1 heterocycles. The van der Waals surface area contributed by atoms with E-state index in [4.69, 9.17) is 44.1 Å². The van der Waals surface area contributed by atoms with Crippen molar-refractivity contribution in [3.8, 4) is 11.3 Å². The van der Waals surface area contributed by atoms with Crippen molar-refractivity contribution in [3.05, 3.63) is 68.7 Å². The van der Waals surface area contributed by atoms with Crippen LogP contribution in [0.3, 0.4) is 0 Å². The Morgan fingerprint density at radius 2 is 1.68 bits per heavy atom. The summed E-state index contributed by atoms with van der Waals surface area (Å²) in [5, 5.41) is 9.56. The number of aromatic nitrogens is 1. The highest BCUT2D eigenvalue weighted by Gasteiger charge is 2.28. The number of esters is 1. The van der Waals surface area contributed by atoms with Gasteiger partial charge in [0.1, 0.15) is 5.69 Å². The summed E-state index contributed by atoms with van der Waals surface area (Å²) in [6, 6.07) is 10.9. The quantitative estimate of drug-likeness (QED) is 0.502. The molecule has 1 aromatic heterocycles. The molecular weight excluding hydrogens is 469 g/mol. The maximum Gasteiger partial charge on any atom is 0.345 e. The molecule has 2 amide bonds. The molecule has 0 atom stereocenters. The minimum Gasteiger partial charge on any atom is -0.465 e. The molecule has 11 heteroatoms. The number of nitrogens with one attached hydrogen (secondary N) is 2. The Balaban J connectivity index is 1.79. The maximum atomic E-state index is 12.3. The fourth-order valence-corrected chi connectivity index (χ4v) is 3.30. The summed E-state index contributed by atoms with van der Waals surface area (Å²) in [6.07, 6.45) is 0.